The number of hydrogen-bond acceptors (Lipinski definition) is 7. The Bertz CT molecular complexity index is 1020. The summed E-state index contributed by atoms with van der Waals surface area (Å²) in [5.74, 6) is -0.142. The van der Waals surface area contributed by atoms with Crippen LogP contribution in [0.3, 0.4) is 0 Å². The molecule has 1 N–H and O–H groups in total. The quantitative estimate of drug-likeness (QED) is 0.693. The van der Waals surface area contributed by atoms with Crippen LogP contribution in [0.2, 0.25) is 0 Å². The first-order valence-electron chi connectivity index (χ1n) is 7.81. The van der Waals surface area contributed by atoms with E-state index in [1.54, 1.807) is 29.1 Å². The molecule has 3 rings (SSSR count). The molecule has 0 aliphatic rings. The largest absolute Gasteiger partial charge is 0.407 e. The van der Waals surface area contributed by atoms with Gasteiger partial charge in [0.1, 0.15) is 0 Å². The van der Waals surface area contributed by atoms with Crippen LogP contribution in [0, 0.1) is 0 Å². The lowest BCUT2D eigenvalue weighted by Crippen LogP contribution is -2.13. The van der Waals surface area contributed by atoms with Crippen molar-refractivity contribution < 1.29 is 17.6 Å². The van der Waals surface area contributed by atoms with Crippen molar-refractivity contribution in [1.29, 1.82) is 0 Å². The summed E-state index contributed by atoms with van der Waals surface area (Å²) in [6.45, 7) is 2.58. The summed E-state index contributed by atoms with van der Waals surface area (Å²) in [7, 11) is -3.23. The second kappa shape index (κ2) is 7.08. The lowest BCUT2D eigenvalue weighted by molar-refractivity contribution is 0.101. The highest BCUT2D eigenvalue weighted by Gasteiger charge is 2.14. The van der Waals surface area contributed by atoms with Crippen LogP contribution in [0.25, 0.3) is 0 Å². The Morgan fingerprint density at radius 2 is 1.92 bits per heavy atom. The van der Waals surface area contributed by atoms with Gasteiger partial charge in [0.15, 0.2) is 15.5 Å². The van der Waals surface area contributed by atoms with E-state index in [9.17, 15) is 13.2 Å². The number of aryl methyl sites for hydroxylation is 1. The molecule has 0 saturated carbocycles. The Hall–Kier alpha value is -3.01. The lowest BCUT2D eigenvalue weighted by atomic mass is 10.1. The Morgan fingerprint density at radius 1 is 1.19 bits per heavy atom. The third-order valence-corrected chi connectivity index (χ3v) is 4.72. The molecule has 136 valence electrons. The Balaban J connectivity index is 1.65. The van der Waals surface area contributed by atoms with E-state index in [0.717, 1.165) is 11.8 Å². The fourth-order valence-electron chi connectivity index (χ4n) is 2.22. The molecular weight excluding hydrogens is 358 g/mol. The lowest BCUT2D eigenvalue weighted by Gasteiger charge is -2.00. The maximum absolute atomic E-state index is 12.1. The van der Waals surface area contributed by atoms with Crippen LogP contribution in [-0.2, 0) is 22.8 Å². The molecule has 0 atom stereocenters. The molecule has 0 saturated heterocycles. The van der Waals surface area contributed by atoms with E-state index in [-0.39, 0.29) is 16.6 Å². The van der Waals surface area contributed by atoms with E-state index >= 15 is 0 Å². The molecular formula is C16H17N5O4S. The molecule has 2 heterocycles. The van der Waals surface area contributed by atoms with E-state index in [0.29, 0.717) is 18.9 Å². The van der Waals surface area contributed by atoms with Gasteiger partial charge < -0.3 is 4.42 Å². The number of carbonyl (C=O) groups excluding carboxylic acids is 1. The van der Waals surface area contributed by atoms with E-state index < -0.39 is 15.7 Å². The van der Waals surface area contributed by atoms with Crippen LogP contribution >= 0.6 is 0 Å². The van der Waals surface area contributed by atoms with Gasteiger partial charge >= 0.3 is 6.01 Å². The maximum atomic E-state index is 12.1. The Kier molecular flexibility index (Phi) is 4.85. The molecule has 0 fully saturated rings. The molecule has 9 nitrogen and oxygen atoms in total. The van der Waals surface area contributed by atoms with Crippen molar-refractivity contribution >= 4 is 21.8 Å². The molecule has 0 aliphatic heterocycles. The van der Waals surface area contributed by atoms with Crippen molar-refractivity contribution in [3.63, 3.8) is 0 Å². The highest BCUT2D eigenvalue weighted by Crippen LogP contribution is 2.15. The third kappa shape index (κ3) is 4.14. The number of rotatable bonds is 6. The molecule has 0 aliphatic carbocycles. The van der Waals surface area contributed by atoms with Gasteiger partial charge in [0.25, 0.3) is 5.91 Å². The number of nitrogens with zero attached hydrogens (tertiary/aromatic N) is 4. The van der Waals surface area contributed by atoms with Gasteiger partial charge in [0.2, 0.25) is 5.89 Å². The molecule has 0 unspecified atom stereocenters. The minimum atomic E-state index is -3.23. The Labute approximate surface area is 150 Å². The van der Waals surface area contributed by atoms with E-state index in [1.165, 1.54) is 12.1 Å². The minimum absolute atomic E-state index is 0.0243. The highest BCUT2D eigenvalue weighted by atomic mass is 32.2. The molecule has 0 spiro atoms. The van der Waals surface area contributed by atoms with Crippen LogP contribution in [0.5, 0.6) is 0 Å². The van der Waals surface area contributed by atoms with Gasteiger partial charge in [-0.1, -0.05) is 17.2 Å². The number of anilines is 1. The zero-order valence-electron chi connectivity index (χ0n) is 14.2. The number of carbonyl (C=O) groups is 1. The zero-order valence-corrected chi connectivity index (χ0v) is 15.0. The zero-order chi connectivity index (χ0) is 18.7. The predicted molar refractivity (Wildman–Crippen MR) is 92.5 cm³/mol. The van der Waals surface area contributed by atoms with E-state index in [2.05, 4.69) is 20.6 Å². The fraction of sp³-hybridized carbons (Fsp3) is 0.250. The second-order valence-corrected chi connectivity index (χ2v) is 7.62. The van der Waals surface area contributed by atoms with Crippen molar-refractivity contribution in [2.45, 2.75) is 24.8 Å². The molecule has 1 amide bonds. The molecule has 3 aromatic rings. The van der Waals surface area contributed by atoms with Gasteiger partial charge in [-0.2, -0.15) is 5.10 Å². The van der Waals surface area contributed by atoms with E-state index in [1.807, 2.05) is 6.92 Å². The Morgan fingerprint density at radius 3 is 2.54 bits per heavy atom. The van der Waals surface area contributed by atoms with Gasteiger partial charge in [0.05, 0.1) is 11.3 Å². The van der Waals surface area contributed by atoms with Crippen molar-refractivity contribution in [2.24, 2.45) is 0 Å². The van der Waals surface area contributed by atoms with Gasteiger partial charge in [-0.15, -0.1) is 5.10 Å². The average molecular weight is 375 g/mol. The highest BCUT2D eigenvalue weighted by molar-refractivity contribution is 7.90. The molecule has 26 heavy (non-hydrogen) atoms. The summed E-state index contributed by atoms with van der Waals surface area (Å²) in [5, 5.41) is 14.2. The first-order chi connectivity index (χ1) is 12.3. The molecule has 1 aromatic carbocycles. The smallest absolute Gasteiger partial charge is 0.322 e. The van der Waals surface area contributed by atoms with Crippen molar-refractivity contribution in [2.75, 3.05) is 11.6 Å². The standard InChI is InChI=1S/C16H17N5O4S/c1-3-21-9-8-13(20-21)15(22)17-16-19-18-14(25-16)10-11-4-6-12(7-5-11)26(2,23)24/h4-9H,3,10H2,1-2H3,(H,17,19,22). The van der Waals surface area contributed by atoms with Gasteiger partial charge in [-0.05, 0) is 30.7 Å². The third-order valence-electron chi connectivity index (χ3n) is 3.59. The summed E-state index contributed by atoms with van der Waals surface area (Å²) in [6.07, 6.45) is 3.17. The number of nitrogens with one attached hydrogen (secondary N) is 1. The van der Waals surface area contributed by atoms with Crippen LogP contribution < -0.4 is 5.32 Å². The van der Waals surface area contributed by atoms with Crippen molar-refractivity contribution in [3.05, 3.63) is 53.7 Å². The molecule has 2 aromatic heterocycles. The summed E-state index contributed by atoms with van der Waals surface area (Å²) >= 11 is 0. The van der Waals surface area contributed by atoms with Crippen LogP contribution in [0.4, 0.5) is 6.01 Å². The molecule has 0 bridgehead atoms. The van der Waals surface area contributed by atoms with Gasteiger partial charge in [-0.3, -0.25) is 14.8 Å². The monoisotopic (exact) mass is 375 g/mol. The molecule has 10 heteroatoms. The second-order valence-electron chi connectivity index (χ2n) is 5.60. The normalized spacial score (nSPS) is 11.5. The van der Waals surface area contributed by atoms with Crippen molar-refractivity contribution in [1.82, 2.24) is 20.0 Å². The van der Waals surface area contributed by atoms with Gasteiger partial charge in [-0.25, -0.2) is 8.42 Å². The number of benzene rings is 1. The van der Waals surface area contributed by atoms with Crippen LogP contribution in [0.1, 0.15) is 28.9 Å². The summed E-state index contributed by atoms with van der Waals surface area (Å²) in [6, 6.07) is 7.97. The van der Waals surface area contributed by atoms with Crippen molar-refractivity contribution in [3.8, 4) is 0 Å². The minimum Gasteiger partial charge on any atom is -0.407 e. The number of amides is 1. The average Bonchev–Trinajstić information content (AvgIpc) is 3.24. The van der Waals surface area contributed by atoms with Crippen LogP contribution in [0.15, 0.2) is 45.8 Å². The first kappa shape index (κ1) is 17.8. The number of aromatic nitrogens is 4. The predicted octanol–water partition coefficient (Wildman–Crippen LogP) is 1.53. The topological polar surface area (TPSA) is 120 Å². The number of sulfone groups is 1. The van der Waals surface area contributed by atoms with Gasteiger partial charge in [0, 0.05) is 19.0 Å². The molecule has 0 radical (unpaired) electrons. The summed E-state index contributed by atoms with van der Waals surface area (Å²) < 4.78 is 30.0. The first-order valence-corrected chi connectivity index (χ1v) is 9.70. The SMILES string of the molecule is CCn1ccc(C(=O)Nc2nnc(Cc3ccc(S(C)(=O)=O)cc3)o2)n1. The summed E-state index contributed by atoms with van der Waals surface area (Å²) in [4.78, 5) is 12.3. The van der Waals surface area contributed by atoms with E-state index in [4.69, 9.17) is 4.42 Å². The summed E-state index contributed by atoms with van der Waals surface area (Å²) in [5.41, 5.74) is 1.06. The van der Waals surface area contributed by atoms with Crippen LogP contribution in [-0.4, -0.2) is 40.6 Å². The maximum Gasteiger partial charge on any atom is 0.322 e. The fourth-order valence-corrected chi connectivity index (χ4v) is 2.86. The number of hydrogen-bond donors (Lipinski definition) is 1.